The lowest BCUT2D eigenvalue weighted by Gasteiger charge is -2.25. The minimum absolute atomic E-state index is 0.275. The molecule has 0 aliphatic heterocycles. The molecule has 4 rings (SSSR count). The van der Waals surface area contributed by atoms with Crippen LogP contribution in [0.3, 0.4) is 0 Å². The van der Waals surface area contributed by atoms with E-state index in [9.17, 15) is 8.42 Å². The maximum Gasteiger partial charge on any atom is 0.264 e. The van der Waals surface area contributed by atoms with E-state index in [0.29, 0.717) is 5.69 Å². The highest BCUT2D eigenvalue weighted by Gasteiger charge is 2.21. The van der Waals surface area contributed by atoms with Gasteiger partial charge in [-0.15, -0.1) is 0 Å². The second-order valence-electron chi connectivity index (χ2n) is 8.28. The van der Waals surface area contributed by atoms with Crippen molar-refractivity contribution in [3.63, 3.8) is 0 Å². The van der Waals surface area contributed by atoms with Gasteiger partial charge in [0.05, 0.1) is 10.6 Å². The van der Waals surface area contributed by atoms with Crippen LogP contribution in [0.5, 0.6) is 0 Å². The van der Waals surface area contributed by atoms with Crippen molar-refractivity contribution in [2.45, 2.75) is 11.8 Å². The second kappa shape index (κ2) is 9.61. The predicted molar refractivity (Wildman–Crippen MR) is 142 cm³/mol. The van der Waals surface area contributed by atoms with Gasteiger partial charge >= 0.3 is 0 Å². The zero-order valence-corrected chi connectivity index (χ0v) is 20.7. The molecule has 5 nitrogen and oxygen atoms in total. The van der Waals surface area contributed by atoms with Gasteiger partial charge in [0.25, 0.3) is 10.0 Å². The summed E-state index contributed by atoms with van der Waals surface area (Å²) < 4.78 is 27.6. The van der Waals surface area contributed by atoms with E-state index in [0.717, 1.165) is 28.3 Å². The van der Waals surface area contributed by atoms with Gasteiger partial charge in [0.15, 0.2) is 0 Å². The summed E-state index contributed by atoms with van der Waals surface area (Å²) >= 11 is 0. The zero-order valence-electron chi connectivity index (χ0n) is 19.9. The summed E-state index contributed by atoms with van der Waals surface area (Å²) in [5.74, 6) is 0. The van der Waals surface area contributed by atoms with E-state index in [-0.39, 0.29) is 4.90 Å². The number of aryl methyl sites for hydroxylation is 1. The van der Waals surface area contributed by atoms with Crippen molar-refractivity contribution in [1.29, 1.82) is 0 Å². The van der Waals surface area contributed by atoms with Crippen LogP contribution in [0.2, 0.25) is 0 Å². The minimum Gasteiger partial charge on any atom is -0.345 e. The maximum atomic E-state index is 13.1. The molecule has 0 saturated carbocycles. The van der Waals surface area contributed by atoms with Crippen LogP contribution in [0.25, 0.3) is 0 Å². The molecule has 6 heteroatoms. The lowest BCUT2D eigenvalue weighted by atomic mass is 10.2. The molecular weight excluding hydrogens is 442 g/mol. The van der Waals surface area contributed by atoms with Crippen molar-refractivity contribution < 1.29 is 8.42 Å². The molecule has 0 aliphatic carbocycles. The van der Waals surface area contributed by atoms with Gasteiger partial charge in [-0.05, 0) is 73.7 Å². The first-order valence-electron chi connectivity index (χ1n) is 11.1. The van der Waals surface area contributed by atoms with Gasteiger partial charge in [-0.25, -0.2) is 8.42 Å². The van der Waals surface area contributed by atoms with Crippen molar-refractivity contribution in [1.82, 2.24) is 0 Å². The standard InChI is InChI=1S/C28H29N3O2S/c1-22-13-19-28(20-14-22)34(32,33)31(4)27-12-8-11-26(21-27)30(3)25-17-15-24(16-18-25)29(2)23-9-6-5-7-10-23/h5-21H,1-4H3. The molecule has 0 amide bonds. The van der Waals surface area contributed by atoms with Crippen molar-refractivity contribution >= 4 is 38.5 Å². The highest BCUT2D eigenvalue weighted by molar-refractivity contribution is 7.92. The largest absolute Gasteiger partial charge is 0.345 e. The molecule has 0 radical (unpaired) electrons. The van der Waals surface area contributed by atoms with Gasteiger partial charge < -0.3 is 9.80 Å². The molecule has 0 N–H and O–H groups in total. The summed E-state index contributed by atoms with van der Waals surface area (Å²) in [6.45, 7) is 1.94. The lowest BCUT2D eigenvalue weighted by molar-refractivity contribution is 0.594. The van der Waals surface area contributed by atoms with Crippen LogP contribution in [-0.2, 0) is 10.0 Å². The number of benzene rings is 4. The molecule has 174 valence electrons. The van der Waals surface area contributed by atoms with Crippen molar-refractivity contribution in [3.8, 4) is 0 Å². The molecule has 4 aromatic carbocycles. The first kappa shape index (κ1) is 23.4. The summed E-state index contributed by atoms with van der Waals surface area (Å²) in [7, 11) is 1.96. The molecular formula is C28H29N3O2S. The molecule has 0 spiro atoms. The Morgan fingerprint density at radius 3 is 1.59 bits per heavy atom. The number of rotatable bonds is 7. The number of sulfonamides is 1. The average Bonchev–Trinajstić information content (AvgIpc) is 2.88. The summed E-state index contributed by atoms with van der Waals surface area (Å²) in [6.07, 6.45) is 0. The molecule has 34 heavy (non-hydrogen) atoms. The summed E-state index contributed by atoms with van der Waals surface area (Å²) in [5.41, 5.74) is 5.73. The van der Waals surface area contributed by atoms with E-state index in [1.54, 1.807) is 25.2 Å². The Labute approximate surface area is 202 Å². The van der Waals surface area contributed by atoms with Crippen LogP contribution >= 0.6 is 0 Å². The third-order valence-corrected chi connectivity index (χ3v) is 7.83. The van der Waals surface area contributed by atoms with E-state index < -0.39 is 10.0 Å². The van der Waals surface area contributed by atoms with E-state index >= 15 is 0 Å². The van der Waals surface area contributed by atoms with Gasteiger partial charge in [-0.2, -0.15) is 0 Å². The molecule has 0 aromatic heterocycles. The smallest absolute Gasteiger partial charge is 0.264 e. The molecule has 0 unspecified atom stereocenters. The fourth-order valence-electron chi connectivity index (χ4n) is 3.75. The third-order valence-electron chi connectivity index (χ3n) is 6.03. The third kappa shape index (κ3) is 4.77. The summed E-state index contributed by atoms with van der Waals surface area (Å²) in [5, 5.41) is 0. The van der Waals surface area contributed by atoms with Crippen molar-refractivity contribution in [2.24, 2.45) is 0 Å². The van der Waals surface area contributed by atoms with Gasteiger partial charge in [-0.3, -0.25) is 4.31 Å². The minimum atomic E-state index is -3.65. The normalized spacial score (nSPS) is 11.2. The Morgan fingerprint density at radius 1 is 0.529 bits per heavy atom. The fraction of sp³-hybridized carbons (Fsp3) is 0.143. The van der Waals surface area contributed by atoms with Crippen LogP contribution in [-0.4, -0.2) is 29.6 Å². The fourth-order valence-corrected chi connectivity index (χ4v) is 4.94. The number of nitrogens with zero attached hydrogens (tertiary/aromatic N) is 3. The molecule has 0 atom stereocenters. The van der Waals surface area contributed by atoms with Crippen molar-refractivity contribution in [3.05, 3.63) is 109 Å². The Hall–Kier alpha value is -3.77. The number of hydrogen-bond acceptors (Lipinski definition) is 4. The first-order chi connectivity index (χ1) is 16.3. The Morgan fingerprint density at radius 2 is 1.00 bits per heavy atom. The summed E-state index contributed by atoms with van der Waals surface area (Å²) in [6, 6.07) is 32.9. The molecule has 0 aliphatic rings. The molecule has 4 aromatic rings. The van der Waals surface area contributed by atoms with Crippen LogP contribution in [0, 0.1) is 6.92 Å². The zero-order chi connectivity index (χ0) is 24.3. The van der Waals surface area contributed by atoms with Crippen LogP contribution in [0.4, 0.5) is 28.4 Å². The van der Waals surface area contributed by atoms with E-state index in [4.69, 9.17) is 0 Å². The highest BCUT2D eigenvalue weighted by Crippen LogP contribution is 2.31. The van der Waals surface area contributed by atoms with Crippen LogP contribution in [0.1, 0.15) is 5.56 Å². The van der Waals surface area contributed by atoms with Crippen LogP contribution in [0.15, 0.2) is 108 Å². The number of para-hydroxylation sites is 1. The van der Waals surface area contributed by atoms with E-state index in [1.807, 2.05) is 74.4 Å². The van der Waals surface area contributed by atoms with E-state index in [1.165, 1.54) is 4.31 Å². The molecule has 0 heterocycles. The quantitative estimate of drug-likeness (QED) is 0.315. The van der Waals surface area contributed by atoms with E-state index in [2.05, 4.69) is 41.3 Å². The first-order valence-corrected chi connectivity index (χ1v) is 12.5. The number of hydrogen-bond donors (Lipinski definition) is 0. The topological polar surface area (TPSA) is 43.9 Å². The van der Waals surface area contributed by atoms with Gasteiger partial charge in [0.1, 0.15) is 0 Å². The Balaban J connectivity index is 1.56. The lowest BCUT2D eigenvalue weighted by Crippen LogP contribution is -2.26. The monoisotopic (exact) mass is 471 g/mol. The average molecular weight is 472 g/mol. The second-order valence-corrected chi connectivity index (χ2v) is 10.2. The Kier molecular flexibility index (Phi) is 6.61. The predicted octanol–water partition coefficient (Wildman–Crippen LogP) is 6.36. The highest BCUT2D eigenvalue weighted by atomic mass is 32.2. The van der Waals surface area contributed by atoms with Gasteiger partial charge in [-0.1, -0.05) is 42.0 Å². The molecule has 0 fully saturated rings. The van der Waals surface area contributed by atoms with Crippen LogP contribution < -0.4 is 14.1 Å². The van der Waals surface area contributed by atoms with Gasteiger partial charge in [0, 0.05) is 43.9 Å². The van der Waals surface area contributed by atoms with Gasteiger partial charge in [0.2, 0.25) is 0 Å². The van der Waals surface area contributed by atoms with Crippen molar-refractivity contribution in [2.75, 3.05) is 35.2 Å². The number of anilines is 5. The Bertz CT molecular complexity index is 1350. The maximum absolute atomic E-state index is 13.1. The summed E-state index contributed by atoms with van der Waals surface area (Å²) in [4.78, 5) is 4.45. The SMILES string of the molecule is Cc1ccc(S(=O)(=O)N(C)c2cccc(N(C)c3ccc(N(C)c4ccccc4)cc3)c2)cc1. The molecule has 0 bridgehead atoms. The molecule has 0 saturated heterocycles.